The highest BCUT2D eigenvalue weighted by molar-refractivity contribution is 6.02. The molecule has 0 bridgehead atoms. The van der Waals surface area contributed by atoms with Gasteiger partial charge in [-0.05, 0) is 69.9 Å². The minimum absolute atomic E-state index is 0.0474. The van der Waals surface area contributed by atoms with Crippen molar-refractivity contribution in [2.24, 2.45) is 0 Å². The maximum Gasteiger partial charge on any atom is 0.174 e. The number of carbonyl (C=O) groups is 1. The van der Waals surface area contributed by atoms with Crippen molar-refractivity contribution in [3.05, 3.63) is 70.3 Å². The molecule has 5 heteroatoms. The van der Waals surface area contributed by atoms with E-state index in [0.29, 0.717) is 23.3 Å². The van der Waals surface area contributed by atoms with E-state index in [1.54, 1.807) is 18.2 Å². The molecule has 0 saturated heterocycles. The molecule has 0 fully saturated rings. The van der Waals surface area contributed by atoms with E-state index >= 15 is 0 Å². The fourth-order valence-corrected chi connectivity index (χ4v) is 3.57. The SMILES string of the molecule is CC(C)=CCC/C(C)=C/Cc1cc([C@@H]2CC(=O)c3c(O)cccc3O2)cc(O)c1O. The standard InChI is InChI=1S/C25H28O5/c1-15(2)6-4-7-16(3)10-11-17-12-18(13-21(28)25(17)29)23-14-20(27)24-19(26)8-5-9-22(24)30-23/h5-6,8-10,12-13,23,26,28-29H,4,7,11,14H2,1-3H3/b16-10+/t23-/m0/s1. The van der Waals surface area contributed by atoms with Crippen molar-refractivity contribution >= 4 is 5.78 Å². The summed E-state index contributed by atoms with van der Waals surface area (Å²) in [7, 11) is 0. The zero-order valence-corrected chi connectivity index (χ0v) is 17.6. The summed E-state index contributed by atoms with van der Waals surface area (Å²) in [6.45, 7) is 6.19. The van der Waals surface area contributed by atoms with Crippen molar-refractivity contribution in [2.45, 2.75) is 52.6 Å². The molecule has 0 radical (unpaired) electrons. The van der Waals surface area contributed by atoms with Crippen molar-refractivity contribution in [1.29, 1.82) is 0 Å². The first-order chi connectivity index (χ1) is 14.3. The zero-order valence-electron chi connectivity index (χ0n) is 17.6. The number of ketones is 1. The van der Waals surface area contributed by atoms with Crippen molar-refractivity contribution in [2.75, 3.05) is 0 Å². The summed E-state index contributed by atoms with van der Waals surface area (Å²) >= 11 is 0. The molecule has 3 N–H and O–H groups in total. The highest BCUT2D eigenvalue weighted by Crippen LogP contribution is 2.41. The van der Waals surface area contributed by atoms with Crippen LogP contribution in [0.5, 0.6) is 23.0 Å². The number of phenolic OH excluding ortho intramolecular Hbond substituents is 3. The number of allylic oxidation sites excluding steroid dienone is 4. The summed E-state index contributed by atoms with van der Waals surface area (Å²) in [6.07, 6.45) is 6.04. The Morgan fingerprint density at radius 3 is 2.60 bits per heavy atom. The van der Waals surface area contributed by atoms with Crippen LogP contribution in [0.25, 0.3) is 0 Å². The van der Waals surface area contributed by atoms with Crippen LogP contribution in [0.2, 0.25) is 0 Å². The molecule has 5 nitrogen and oxygen atoms in total. The third kappa shape index (κ3) is 4.85. The lowest BCUT2D eigenvalue weighted by Gasteiger charge is -2.26. The first-order valence-electron chi connectivity index (χ1n) is 10.1. The van der Waals surface area contributed by atoms with Gasteiger partial charge in [0.05, 0.1) is 6.42 Å². The van der Waals surface area contributed by atoms with Crippen LogP contribution < -0.4 is 4.74 Å². The summed E-state index contributed by atoms with van der Waals surface area (Å²) in [5.41, 5.74) is 3.86. The number of aromatic hydroxyl groups is 3. The van der Waals surface area contributed by atoms with E-state index < -0.39 is 6.10 Å². The fraction of sp³-hybridized carbons (Fsp3) is 0.320. The Kier molecular flexibility index (Phi) is 6.50. The van der Waals surface area contributed by atoms with Gasteiger partial charge >= 0.3 is 0 Å². The number of fused-ring (bicyclic) bond motifs is 1. The van der Waals surface area contributed by atoms with Crippen molar-refractivity contribution in [3.63, 3.8) is 0 Å². The number of rotatable bonds is 6. The predicted octanol–water partition coefficient (Wildman–Crippen LogP) is 5.75. The van der Waals surface area contributed by atoms with Crippen LogP contribution in [0.15, 0.2) is 53.6 Å². The van der Waals surface area contributed by atoms with Crippen LogP contribution >= 0.6 is 0 Å². The molecule has 0 aliphatic carbocycles. The molecule has 2 aromatic carbocycles. The van der Waals surface area contributed by atoms with Crippen molar-refractivity contribution < 1.29 is 24.9 Å². The molecule has 0 saturated carbocycles. The van der Waals surface area contributed by atoms with Gasteiger partial charge in [-0.25, -0.2) is 0 Å². The van der Waals surface area contributed by atoms with E-state index in [4.69, 9.17) is 4.74 Å². The third-order valence-electron chi connectivity index (χ3n) is 5.25. The van der Waals surface area contributed by atoms with Gasteiger partial charge in [-0.15, -0.1) is 0 Å². The van der Waals surface area contributed by atoms with Crippen LogP contribution in [0.3, 0.4) is 0 Å². The quantitative estimate of drug-likeness (QED) is 0.419. The second kappa shape index (κ2) is 9.08. The molecule has 0 spiro atoms. The van der Waals surface area contributed by atoms with Gasteiger partial charge in [0.2, 0.25) is 0 Å². The van der Waals surface area contributed by atoms with Crippen molar-refractivity contribution in [3.8, 4) is 23.0 Å². The average molecular weight is 408 g/mol. The van der Waals surface area contributed by atoms with Gasteiger partial charge in [0, 0.05) is 5.56 Å². The van der Waals surface area contributed by atoms with Crippen molar-refractivity contribution in [1.82, 2.24) is 0 Å². The molecular formula is C25H28O5. The van der Waals surface area contributed by atoms with E-state index in [0.717, 1.165) is 12.8 Å². The number of hydrogen-bond donors (Lipinski definition) is 3. The molecule has 158 valence electrons. The Labute approximate surface area is 177 Å². The maximum absolute atomic E-state index is 12.5. The fourth-order valence-electron chi connectivity index (χ4n) is 3.57. The van der Waals surface area contributed by atoms with Crippen LogP contribution in [-0.2, 0) is 6.42 Å². The molecule has 1 aliphatic heterocycles. The first-order valence-corrected chi connectivity index (χ1v) is 10.1. The Balaban J connectivity index is 1.82. The number of hydrogen-bond acceptors (Lipinski definition) is 5. The molecule has 1 atom stereocenters. The molecule has 30 heavy (non-hydrogen) atoms. The number of benzene rings is 2. The zero-order chi connectivity index (χ0) is 21.8. The Morgan fingerprint density at radius 1 is 1.10 bits per heavy atom. The summed E-state index contributed by atoms with van der Waals surface area (Å²) in [5.74, 6) is -0.397. The van der Waals surface area contributed by atoms with Gasteiger partial charge < -0.3 is 20.1 Å². The molecule has 2 aromatic rings. The molecule has 0 amide bonds. The summed E-state index contributed by atoms with van der Waals surface area (Å²) < 4.78 is 5.92. The Morgan fingerprint density at radius 2 is 1.87 bits per heavy atom. The predicted molar refractivity (Wildman–Crippen MR) is 116 cm³/mol. The van der Waals surface area contributed by atoms with Gasteiger partial charge in [0.15, 0.2) is 17.3 Å². The average Bonchev–Trinajstić information content (AvgIpc) is 2.68. The molecule has 1 aliphatic rings. The van der Waals surface area contributed by atoms with E-state index in [1.165, 1.54) is 23.3 Å². The molecule has 0 aromatic heterocycles. The monoisotopic (exact) mass is 408 g/mol. The van der Waals surface area contributed by atoms with Gasteiger partial charge in [-0.1, -0.05) is 29.4 Å². The van der Waals surface area contributed by atoms with Gasteiger partial charge in [-0.2, -0.15) is 0 Å². The Hall–Kier alpha value is -3.21. The summed E-state index contributed by atoms with van der Waals surface area (Å²) in [4.78, 5) is 12.5. The first kappa shape index (κ1) is 21.5. The topological polar surface area (TPSA) is 87.0 Å². The second-order valence-electron chi connectivity index (χ2n) is 8.01. The third-order valence-corrected chi connectivity index (χ3v) is 5.25. The largest absolute Gasteiger partial charge is 0.507 e. The van der Waals surface area contributed by atoms with E-state index in [-0.39, 0.29) is 35.0 Å². The smallest absolute Gasteiger partial charge is 0.174 e. The maximum atomic E-state index is 12.5. The molecule has 1 heterocycles. The summed E-state index contributed by atoms with van der Waals surface area (Å²) in [6, 6.07) is 7.90. The van der Waals surface area contributed by atoms with Gasteiger partial charge in [0.25, 0.3) is 0 Å². The van der Waals surface area contributed by atoms with Crippen LogP contribution in [-0.4, -0.2) is 21.1 Å². The van der Waals surface area contributed by atoms with E-state index in [2.05, 4.69) is 19.9 Å². The van der Waals surface area contributed by atoms with E-state index in [1.807, 2.05) is 13.0 Å². The molecule has 0 unspecified atom stereocenters. The van der Waals surface area contributed by atoms with Crippen LogP contribution in [0.1, 0.15) is 67.6 Å². The van der Waals surface area contributed by atoms with Crippen LogP contribution in [0, 0.1) is 0 Å². The summed E-state index contributed by atoms with van der Waals surface area (Å²) in [5, 5.41) is 30.5. The lowest BCUT2D eigenvalue weighted by molar-refractivity contribution is 0.0845. The normalized spacial score (nSPS) is 16.0. The number of carbonyl (C=O) groups excluding carboxylic acids is 1. The lowest BCUT2D eigenvalue weighted by atomic mass is 9.93. The number of ether oxygens (including phenoxy) is 1. The highest BCUT2D eigenvalue weighted by atomic mass is 16.5. The minimum atomic E-state index is -0.597. The lowest BCUT2D eigenvalue weighted by Crippen LogP contribution is -2.20. The number of Topliss-reactive ketones (excluding diaryl/α,β-unsaturated/α-hetero) is 1. The minimum Gasteiger partial charge on any atom is -0.507 e. The van der Waals surface area contributed by atoms with E-state index in [9.17, 15) is 20.1 Å². The number of phenols is 3. The van der Waals surface area contributed by atoms with Gasteiger partial charge in [-0.3, -0.25) is 4.79 Å². The second-order valence-corrected chi connectivity index (χ2v) is 8.01. The van der Waals surface area contributed by atoms with Gasteiger partial charge in [0.1, 0.15) is 23.2 Å². The molecule has 3 rings (SSSR count). The molecular weight excluding hydrogens is 380 g/mol. The Bertz CT molecular complexity index is 1010. The highest BCUT2D eigenvalue weighted by Gasteiger charge is 2.30. The van der Waals surface area contributed by atoms with Crippen LogP contribution in [0.4, 0.5) is 0 Å².